The van der Waals surface area contributed by atoms with E-state index in [1.165, 1.54) is 18.4 Å². The number of fused-ring (bicyclic) bond motifs is 3. The lowest BCUT2D eigenvalue weighted by atomic mass is 9.49. The Kier molecular flexibility index (Phi) is 9.42. The Morgan fingerprint density at radius 1 is 0.887 bits per heavy atom. The van der Waals surface area contributed by atoms with Crippen molar-refractivity contribution in [3.63, 3.8) is 0 Å². The van der Waals surface area contributed by atoms with E-state index in [1.807, 2.05) is 12.1 Å². The van der Waals surface area contributed by atoms with Crippen molar-refractivity contribution in [2.24, 2.45) is 5.41 Å². The zero-order valence-electron chi connectivity index (χ0n) is 27.4. The average molecular weight is 1040 g/mol. The third-order valence-corrected chi connectivity index (χ3v) is 15.0. The highest BCUT2D eigenvalue weighted by molar-refractivity contribution is 14.2. The Morgan fingerprint density at radius 2 is 1.55 bits per heavy atom. The molecule has 5 aliphatic rings. The summed E-state index contributed by atoms with van der Waals surface area (Å²) in [5.74, 6) is -18.3. The van der Waals surface area contributed by atoms with Crippen molar-refractivity contribution in [1.29, 1.82) is 0 Å². The van der Waals surface area contributed by atoms with Gasteiger partial charge in [0.2, 0.25) is 11.6 Å². The van der Waals surface area contributed by atoms with Crippen molar-refractivity contribution in [2.75, 3.05) is 6.54 Å². The molecule has 17 heteroatoms. The minimum atomic E-state index is -6.41. The molecule has 4 heterocycles. The number of alkyl halides is 10. The molecular weight excluding hydrogens is 1010 g/mol. The van der Waals surface area contributed by atoms with E-state index in [0.29, 0.717) is 25.0 Å². The highest BCUT2D eigenvalue weighted by Crippen LogP contribution is 2.62. The molecule has 0 radical (unpaired) electrons. The predicted molar refractivity (Wildman–Crippen MR) is 201 cm³/mol. The Morgan fingerprint density at radius 3 is 2.13 bits per heavy atom. The largest absolute Gasteiger partial charge is 0.461 e. The smallest absolute Gasteiger partial charge is 0.346 e. The standard InChI is InChI=1S/C36H25BrF10I2N4/c1-3-31-17-53-16-18(28-50-29(33(38,39)35(42,43)44)52-30(51-28)34(40,41)36(45,46)47)9-10-27(53)23-13-26(37)22(12-25(23)31)21-7-5-6-8-24(21)32(31,4-2)19-11-20(48)15-49-14-19/h5-6,8-16H,3-4,7,17H2,1-2H3. The SMILES string of the molecule is CCC1(C2=CI=CC(I)=C2)C2=CC=CCC2=c2cc3c(cc2Br)=C2C=CC(c4nc(C(F)(F)C(F)(F)F)nc(C(F)(F)C(F)(F)F)n4)=CN2CC31CC. The van der Waals surface area contributed by atoms with Gasteiger partial charge in [0.25, 0.3) is 0 Å². The summed E-state index contributed by atoms with van der Waals surface area (Å²) in [5, 5.41) is 1.81. The van der Waals surface area contributed by atoms with Crippen LogP contribution >= 0.6 is 59.3 Å². The van der Waals surface area contributed by atoms with Crippen molar-refractivity contribution in [1.82, 2.24) is 19.9 Å². The van der Waals surface area contributed by atoms with Gasteiger partial charge in [0.1, 0.15) is 0 Å². The lowest BCUT2D eigenvalue weighted by Crippen LogP contribution is -2.58. The maximum absolute atomic E-state index is 14.6. The lowest BCUT2D eigenvalue weighted by Gasteiger charge is -2.56. The van der Waals surface area contributed by atoms with Gasteiger partial charge in [-0.1, -0.05) is 68.7 Å². The van der Waals surface area contributed by atoms with Crippen LogP contribution in [0.1, 0.15) is 56.1 Å². The summed E-state index contributed by atoms with van der Waals surface area (Å²) in [6, 6.07) is 4.15. The minimum Gasteiger partial charge on any atom is -0.346 e. The summed E-state index contributed by atoms with van der Waals surface area (Å²) in [6.45, 7) is 4.38. The van der Waals surface area contributed by atoms with Gasteiger partial charge in [-0.2, -0.15) is 43.9 Å². The van der Waals surface area contributed by atoms with Gasteiger partial charge in [0.05, 0.1) is 0 Å². The fraction of sp³-hybridized carbons (Fsp3) is 0.333. The number of rotatable bonds is 6. The number of nitrogens with zero attached hydrogens (tertiary/aromatic N) is 4. The molecule has 2 unspecified atom stereocenters. The minimum absolute atomic E-state index is 0.217. The summed E-state index contributed by atoms with van der Waals surface area (Å²) >= 11 is 5.65. The first-order valence-corrected chi connectivity index (χ1v) is 20.4. The topological polar surface area (TPSA) is 41.9 Å². The maximum Gasteiger partial charge on any atom is 0.461 e. The van der Waals surface area contributed by atoms with Gasteiger partial charge in [0, 0.05) is 48.1 Å². The monoisotopic (exact) mass is 1040 g/mol. The van der Waals surface area contributed by atoms with Crippen LogP contribution < -0.4 is 10.4 Å². The van der Waals surface area contributed by atoms with E-state index in [2.05, 4.69) is 99.7 Å². The molecule has 2 aromatic rings. The Labute approximate surface area is 327 Å². The lowest BCUT2D eigenvalue weighted by molar-refractivity contribution is -0.297. The van der Waals surface area contributed by atoms with Crippen molar-refractivity contribution in [3.8, 4) is 0 Å². The molecule has 7 rings (SSSR count). The quantitative estimate of drug-likeness (QED) is 0.214. The number of aromatic nitrogens is 3. The van der Waals surface area contributed by atoms with Gasteiger partial charge in [-0.25, -0.2) is 15.0 Å². The summed E-state index contributed by atoms with van der Waals surface area (Å²) in [5.41, 5.74) is 3.27. The predicted octanol–water partition coefficient (Wildman–Crippen LogP) is 10.1. The fourth-order valence-corrected chi connectivity index (χ4v) is 11.7. The fourth-order valence-electron chi connectivity index (χ4n) is 8.07. The Balaban J connectivity index is 1.51. The van der Waals surface area contributed by atoms with Crippen LogP contribution in [0.5, 0.6) is 0 Å². The molecule has 1 aromatic heterocycles. The van der Waals surface area contributed by atoms with E-state index in [4.69, 9.17) is 0 Å². The molecule has 280 valence electrons. The number of hydrogen-bond acceptors (Lipinski definition) is 4. The summed E-state index contributed by atoms with van der Waals surface area (Å²) in [7, 11) is 0. The molecule has 53 heavy (non-hydrogen) atoms. The molecule has 0 spiro atoms. The zero-order chi connectivity index (χ0) is 38.5. The van der Waals surface area contributed by atoms with Gasteiger partial charge in [-0.15, -0.1) is 0 Å². The van der Waals surface area contributed by atoms with Crippen LogP contribution in [0.3, 0.4) is 0 Å². The summed E-state index contributed by atoms with van der Waals surface area (Å²) in [4.78, 5) is 10.4. The van der Waals surface area contributed by atoms with Gasteiger partial charge < -0.3 is 4.90 Å². The number of hydrogen-bond donors (Lipinski definition) is 0. The molecule has 0 amide bonds. The first-order valence-electron chi connectivity index (χ1n) is 16.0. The van der Waals surface area contributed by atoms with Crippen molar-refractivity contribution >= 4 is 80.1 Å². The van der Waals surface area contributed by atoms with Crippen molar-refractivity contribution in [2.45, 2.75) is 62.7 Å². The zero-order valence-corrected chi connectivity index (χ0v) is 33.3. The molecule has 4 nitrogen and oxygen atoms in total. The van der Waals surface area contributed by atoms with Crippen LogP contribution in [0.15, 0.2) is 78.1 Å². The molecular formula is C36H25BrF10I2N4. The molecule has 1 aromatic carbocycles. The van der Waals surface area contributed by atoms with Gasteiger partial charge in [-0.05, 0) is 108 Å². The van der Waals surface area contributed by atoms with Crippen LogP contribution in [0.2, 0.25) is 0 Å². The molecule has 0 saturated carbocycles. The van der Waals surface area contributed by atoms with E-state index in [9.17, 15) is 43.9 Å². The first-order chi connectivity index (χ1) is 24.7. The second-order valence-corrected chi connectivity index (χ2v) is 17.0. The van der Waals surface area contributed by atoms with Gasteiger partial charge >= 0.3 is 24.2 Å². The van der Waals surface area contributed by atoms with Crippen LogP contribution in [0.25, 0.3) is 16.8 Å². The first kappa shape index (κ1) is 38.6. The maximum atomic E-state index is 14.6. The molecule has 3 aliphatic heterocycles. The summed E-state index contributed by atoms with van der Waals surface area (Å²) in [6.07, 6.45) is 1.48. The second-order valence-electron chi connectivity index (χ2n) is 13.0. The normalized spacial score (nSPS) is 24.1. The Hall–Kier alpha value is -2.68. The molecule has 2 atom stereocenters. The van der Waals surface area contributed by atoms with Crippen LogP contribution in [0.4, 0.5) is 43.9 Å². The van der Waals surface area contributed by atoms with Crippen molar-refractivity contribution < 1.29 is 43.9 Å². The number of allylic oxidation sites excluding steroid dienone is 9. The third kappa shape index (κ3) is 5.69. The van der Waals surface area contributed by atoms with E-state index in [0.717, 1.165) is 40.8 Å². The van der Waals surface area contributed by atoms with Crippen LogP contribution in [0, 0.1) is 5.41 Å². The van der Waals surface area contributed by atoms with E-state index < -0.39 is 73.2 Å². The number of benzene rings is 1. The van der Waals surface area contributed by atoms with E-state index in [1.54, 1.807) is 4.90 Å². The highest BCUT2D eigenvalue weighted by atomic mass is 127. The molecule has 0 saturated heterocycles. The van der Waals surface area contributed by atoms with Crippen molar-refractivity contribution in [3.05, 3.63) is 112 Å². The molecule has 0 N–H and O–H groups in total. The molecule has 2 aliphatic carbocycles. The number of halogens is 13. The Bertz CT molecular complexity index is 2260. The van der Waals surface area contributed by atoms with Crippen LogP contribution in [-0.2, 0) is 17.3 Å². The average Bonchev–Trinajstić information content (AvgIpc) is 3.20. The van der Waals surface area contributed by atoms with E-state index >= 15 is 0 Å². The van der Waals surface area contributed by atoms with Gasteiger partial charge in [-0.3, -0.25) is 0 Å². The second kappa shape index (κ2) is 12.9. The highest BCUT2D eigenvalue weighted by Gasteiger charge is 2.65. The van der Waals surface area contributed by atoms with Gasteiger partial charge in [0.15, 0.2) is 5.82 Å². The van der Waals surface area contributed by atoms with Crippen LogP contribution in [-0.4, -0.2) is 42.8 Å². The molecule has 2 bridgehead atoms. The third-order valence-electron chi connectivity index (χ3n) is 10.4. The summed E-state index contributed by atoms with van der Waals surface area (Å²) < 4.78 is 145. The van der Waals surface area contributed by atoms with E-state index in [-0.39, 0.29) is 12.1 Å². The molecule has 0 fully saturated rings.